The van der Waals surface area contributed by atoms with Crippen molar-refractivity contribution >= 4 is 43.5 Å². The number of carbonyl (C=O) groups is 1. The number of ether oxygens (including phenoxy) is 1. The molecule has 1 aromatic rings. The summed E-state index contributed by atoms with van der Waals surface area (Å²) in [4.78, 5) is 10.9. The van der Waals surface area contributed by atoms with E-state index < -0.39 is 5.97 Å². The first-order chi connectivity index (χ1) is 7.54. The van der Waals surface area contributed by atoms with Gasteiger partial charge in [-0.25, -0.2) is 4.79 Å². The third-order valence-electron chi connectivity index (χ3n) is 1.83. The van der Waals surface area contributed by atoms with Crippen molar-refractivity contribution in [3.63, 3.8) is 0 Å². The van der Waals surface area contributed by atoms with Crippen LogP contribution < -0.4 is 5.32 Å². The van der Waals surface area contributed by atoms with E-state index in [-0.39, 0.29) is 0 Å². The van der Waals surface area contributed by atoms with Gasteiger partial charge in [-0.05, 0) is 56.5 Å². The van der Waals surface area contributed by atoms with E-state index in [4.69, 9.17) is 0 Å². The lowest BCUT2D eigenvalue weighted by Crippen LogP contribution is -1.97. The minimum Gasteiger partial charge on any atom is -0.466 e. The number of nitrogens with one attached hydrogen (secondary N) is 1. The molecule has 0 atom stereocenters. The molecule has 16 heavy (non-hydrogen) atoms. The van der Waals surface area contributed by atoms with E-state index >= 15 is 0 Å². The van der Waals surface area contributed by atoms with Crippen LogP contribution in [0.4, 0.5) is 5.69 Å². The van der Waals surface area contributed by atoms with Crippen molar-refractivity contribution in [2.75, 3.05) is 12.4 Å². The standard InChI is InChI=1S/C11H11Br2NO2/c1-7-5-8(12)11(9(13)6-7)14-4-3-10(15)16-2/h3-6,14H,1-2H3/b4-3+. The Morgan fingerprint density at radius 1 is 1.38 bits per heavy atom. The zero-order valence-corrected chi connectivity index (χ0v) is 12.1. The molecule has 0 radical (unpaired) electrons. The summed E-state index contributed by atoms with van der Waals surface area (Å²) in [6.07, 6.45) is 2.85. The van der Waals surface area contributed by atoms with Gasteiger partial charge in [0.1, 0.15) is 0 Å². The van der Waals surface area contributed by atoms with Gasteiger partial charge in [0.2, 0.25) is 0 Å². The van der Waals surface area contributed by atoms with Crippen LogP contribution in [0.2, 0.25) is 0 Å². The van der Waals surface area contributed by atoms with Crippen LogP contribution >= 0.6 is 31.9 Å². The van der Waals surface area contributed by atoms with Crippen LogP contribution in [0.15, 0.2) is 33.4 Å². The van der Waals surface area contributed by atoms with E-state index in [1.54, 1.807) is 0 Å². The number of benzene rings is 1. The van der Waals surface area contributed by atoms with Crippen molar-refractivity contribution in [3.8, 4) is 0 Å². The highest BCUT2D eigenvalue weighted by Crippen LogP contribution is 2.32. The minimum atomic E-state index is -0.396. The van der Waals surface area contributed by atoms with Crippen molar-refractivity contribution in [3.05, 3.63) is 38.9 Å². The predicted molar refractivity (Wildman–Crippen MR) is 71.4 cm³/mol. The number of anilines is 1. The quantitative estimate of drug-likeness (QED) is 0.669. The molecule has 1 N–H and O–H groups in total. The van der Waals surface area contributed by atoms with Gasteiger partial charge >= 0.3 is 5.97 Å². The van der Waals surface area contributed by atoms with Gasteiger partial charge in [0, 0.05) is 21.2 Å². The maximum absolute atomic E-state index is 10.9. The van der Waals surface area contributed by atoms with Gasteiger partial charge in [0.25, 0.3) is 0 Å². The van der Waals surface area contributed by atoms with Crippen molar-refractivity contribution < 1.29 is 9.53 Å². The first-order valence-corrected chi connectivity index (χ1v) is 6.10. The Balaban J connectivity index is 2.82. The second-order valence-corrected chi connectivity index (χ2v) is 4.81. The number of hydrogen-bond acceptors (Lipinski definition) is 3. The molecule has 0 saturated carbocycles. The molecule has 0 aromatic heterocycles. The molecule has 0 unspecified atom stereocenters. The molecule has 0 aliphatic rings. The third-order valence-corrected chi connectivity index (χ3v) is 3.09. The van der Waals surface area contributed by atoms with E-state index in [9.17, 15) is 4.79 Å². The Bertz CT molecular complexity index is 407. The van der Waals surface area contributed by atoms with Gasteiger partial charge in [-0.2, -0.15) is 0 Å². The average molecular weight is 349 g/mol. The molecule has 1 aromatic carbocycles. The number of rotatable bonds is 3. The highest BCUT2D eigenvalue weighted by atomic mass is 79.9. The van der Waals surface area contributed by atoms with Crippen LogP contribution in [-0.2, 0) is 9.53 Å². The predicted octanol–water partition coefficient (Wildman–Crippen LogP) is 3.62. The second-order valence-electron chi connectivity index (χ2n) is 3.10. The van der Waals surface area contributed by atoms with Crippen LogP contribution in [0.25, 0.3) is 0 Å². The molecule has 0 fully saturated rings. The maximum atomic E-state index is 10.9. The van der Waals surface area contributed by atoms with E-state index in [2.05, 4.69) is 41.9 Å². The number of hydrogen-bond donors (Lipinski definition) is 1. The third kappa shape index (κ3) is 3.64. The summed E-state index contributed by atoms with van der Waals surface area (Å²) in [7, 11) is 1.34. The fraction of sp³-hybridized carbons (Fsp3) is 0.182. The van der Waals surface area contributed by atoms with Crippen molar-refractivity contribution in [1.29, 1.82) is 0 Å². The highest BCUT2D eigenvalue weighted by Gasteiger charge is 2.04. The number of halogens is 2. The molecule has 0 heterocycles. The van der Waals surface area contributed by atoms with Crippen LogP contribution in [0.3, 0.4) is 0 Å². The molecule has 0 bridgehead atoms. The molecule has 5 heteroatoms. The molecule has 3 nitrogen and oxygen atoms in total. The first kappa shape index (κ1) is 13.3. The summed E-state index contributed by atoms with van der Waals surface area (Å²) in [6, 6.07) is 3.97. The number of esters is 1. The summed E-state index contributed by atoms with van der Waals surface area (Å²) >= 11 is 6.88. The van der Waals surface area contributed by atoms with Gasteiger partial charge < -0.3 is 10.1 Å². The maximum Gasteiger partial charge on any atom is 0.331 e. The van der Waals surface area contributed by atoms with E-state index in [1.165, 1.54) is 19.4 Å². The zero-order chi connectivity index (χ0) is 12.1. The molecule has 0 saturated heterocycles. The van der Waals surface area contributed by atoms with Gasteiger partial charge in [-0.15, -0.1) is 0 Å². The fourth-order valence-electron chi connectivity index (χ4n) is 1.10. The Kier molecular flexibility index (Phi) is 5.02. The molecule has 86 valence electrons. The minimum absolute atomic E-state index is 0.396. The molecular weight excluding hydrogens is 338 g/mol. The Morgan fingerprint density at radius 2 is 1.94 bits per heavy atom. The first-order valence-electron chi connectivity index (χ1n) is 4.51. The van der Waals surface area contributed by atoms with Crippen molar-refractivity contribution in [2.24, 2.45) is 0 Å². The average Bonchev–Trinajstić information content (AvgIpc) is 2.21. The molecule has 0 aliphatic heterocycles. The van der Waals surface area contributed by atoms with Crippen LogP contribution in [0.5, 0.6) is 0 Å². The monoisotopic (exact) mass is 347 g/mol. The number of methoxy groups -OCH3 is 1. The Hall–Kier alpha value is -0.810. The number of aryl methyl sites for hydroxylation is 1. The lowest BCUT2D eigenvalue weighted by molar-refractivity contribution is -0.134. The summed E-state index contributed by atoms with van der Waals surface area (Å²) in [5.74, 6) is -0.396. The number of carbonyl (C=O) groups excluding carboxylic acids is 1. The van der Waals surface area contributed by atoms with Gasteiger partial charge in [0.15, 0.2) is 0 Å². The summed E-state index contributed by atoms with van der Waals surface area (Å²) in [5.41, 5.74) is 2.01. The molecule has 1 rings (SSSR count). The van der Waals surface area contributed by atoms with Gasteiger partial charge in [-0.3, -0.25) is 0 Å². The van der Waals surface area contributed by atoms with E-state index in [0.717, 1.165) is 20.2 Å². The summed E-state index contributed by atoms with van der Waals surface area (Å²) in [5, 5.41) is 3.00. The zero-order valence-electron chi connectivity index (χ0n) is 8.88. The van der Waals surface area contributed by atoms with Gasteiger partial charge in [0.05, 0.1) is 12.8 Å². The van der Waals surface area contributed by atoms with Crippen LogP contribution in [0.1, 0.15) is 5.56 Å². The molecule has 0 spiro atoms. The van der Waals surface area contributed by atoms with Crippen LogP contribution in [-0.4, -0.2) is 13.1 Å². The molecule has 0 amide bonds. The van der Waals surface area contributed by atoms with Gasteiger partial charge in [-0.1, -0.05) is 0 Å². The summed E-state index contributed by atoms with van der Waals surface area (Å²) < 4.78 is 6.33. The largest absolute Gasteiger partial charge is 0.466 e. The lowest BCUT2D eigenvalue weighted by Gasteiger charge is -2.08. The smallest absolute Gasteiger partial charge is 0.331 e. The topological polar surface area (TPSA) is 38.3 Å². The van der Waals surface area contributed by atoms with Crippen molar-refractivity contribution in [1.82, 2.24) is 0 Å². The van der Waals surface area contributed by atoms with E-state index in [0.29, 0.717) is 0 Å². The lowest BCUT2D eigenvalue weighted by atomic mass is 10.2. The molecular formula is C11H11Br2NO2. The Morgan fingerprint density at radius 3 is 2.44 bits per heavy atom. The summed E-state index contributed by atoms with van der Waals surface area (Å²) in [6.45, 7) is 2.00. The van der Waals surface area contributed by atoms with E-state index in [1.807, 2.05) is 19.1 Å². The van der Waals surface area contributed by atoms with Crippen molar-refractivity contribution in [2.45, 2.75) is 6.92 Å². The SMILES string of the molecule is COC(=O)/C=C/Nc1c(Br)cc(C)cc1Br. The molecule has 0 aliphatic carbocycles. The fourth-order valence-corrected chi connectivity index (χ4v) is 2.74. The highest BCUT2D eigenvalue weighted by molar-refractivity contribution is 9.11. The Labute approximate surface area is 111 Å². The normalized spacial score (nSPS) is 10.5. The second kappa shape index (κ2) is 6.06. The van der Waals surface area contributed by atoms with Crippen LogP contribution in [0, 0.1) is 6.92 Å².